The van der Waals surface area contributed by atoms with Gasteiger partial charge < -0.3 is 15.7 Å². The predicted octanol–water partition coefficient (Wildman–Crippen LogP) is 0.859. The molecular weight excluding hydrogens is 220 g/mol. The molecule has 0 saturated heterocycles. The van der Waals surface area contributed by atoms with Crippen LogP contribution < -0.4 is 10.6 Å². The molecule has 90 valence electrons. The van der Waals surface area contributed by atoms with Crippen LogP contribution in [0.15, 0.2) is 18.2 Å². The van der Waals surface area contributed by atoms with Crippen molar-refractivity contribution in [3.63, 3.8) is 0 Å². The number of anilines is 1. The van der Waals surface area contributed by atoms with E-state index >= 15 is 0 Å². The van der Waals surface area contributed by atoms with E-state index in [4.69, 9.17) is 5.11 Å². The Hall–Kier alpha value is -2.04. The maximum absolute atomic E-state index is 11.8. The lowest BCUT2D eigenvalue weighted by atomic mass is 9.97. The zero-order valence-corrected chi connectivity index (χ0v) is 9.32. The highest BCUT2D eigenvalue weighted by molar-refractivity contribution is 5.98. The molecule has 0 unspecified atom stereocenters. The lowest BCUT2D eigenvalue weighted by Gasteiger charge is -2.20. The summed E-state index contributed by atoms with van der Waals surface area (Å²) in [5.74, 6) is -1.37. The quantitative estimate of drug-likeness (QED) is 0.724. The van der Waals surface area contributed by atoms with Crippen molar-refractivity contribution >= 4 is 17.6 Å². The van der Waals surface area contributed by atoms with Crippen LogP contribution in [0.1, 0.15) is 22.3 Å². The number of hydrogen-bond donors (Lipinski definition) is 3. The van der Waals surface area contributed by atoms with Crippen molar-refractivity contribution in [2.75, 3.05) is 18.4 Å². The number of carboxylic acids is 1. The van der Waals surface area contributed by atoms with Gasteiger partial charge in [0.2, 0.25) is 0 Å². The summed E-state index contributed by atoms with van der Waals surface area (Å²) in [5, 5.41) is 14.1. The number of carboxylic acid groups (broad SMARTS) is 1. The van der Waals surface area contributed by atoms with Gasteiger partial charge in [-0.2, -0.15) is 0 Å². The third-order valence-corrected chi connectivity index (χ3v) is 2.74. The Morgan fingerprint density at radius 1 is 1.41 bits per heavy atom. The molecule has 0 fully saturated rings. The summed E-state index contributed by atoms with van der Waals surface area (Å²) in [5.41, 5.74) is 2.51. The Balaban J connectivity index is 2.20. The fraction of sp³-hybridized carbons (Fsp3) is 0.333. The van der Waals surface area contributed by atoms with Crippen LogP contribution in [0.5, 0.6) is 0 Å². The van der Waals surface area contributed by atoms with E-state index in [-0.39, 0.29) is 12.5 Å². The summed E-state index contributed by atoms with van der Waals surface area (Å²) in [4.78, 5) is 22.2. The zero-order valence-electron chi connectivity index (χ0n) is 9.32. The monoisotopic (exact) mass is 234 g/mol. The number of nitrogens with one attached hydrogen (secondary N) is 2. The summed E-state index contributed by atoms with van der Waals surface area (Å²) in [6.45, 7) is 0.559. The molecule has 5 heteroatoms. The second kappa shape index (κ2) is 4.86. The fourth-order valence-corrected chi connectivity index (χ4v) is 1.97. The number of carbonyl (C=O) groups is 2. The highest BCUT2D eigenvalue weighted by Crippen LogP contribution is 2.25. The molecule has 1 heterocycles. The lowest BCUT2D eigenvalue weighted by molar-refractivity contribution is -0.135. The second-order valence-corrected chi connectivity index (χ2v) is 3.94. The molecule has 1 aliphatic rings. The molecule has 0 atom stereocenters. The summed E-state index contributed by atoms with van der Waals surface area (Å²) < 4.78 is 0. The van der Waals surface area contributed by atoms with Crippen LogP contribution in [0.2, 0.25) is 0 Å². The zero-order chi connectivity index (χ0) is 12.3. The second-order valence-electron chi connectivity index (χ2n) is 3.94. The minimum absolute atomic E-state index is 0.326. The number of rotatable bonds is 3. The third kappa shape index (κ3) is 2.55. The molecular formula is C12H14N2O3. The van der Waals surface area contributed by atoms with Gasteiger partial charge in [-0.25, -0.2) is 0 Å². The topological polar surface area (TPSA) is 78.4 Å². The van der Waals surface area contributed by atoms with Crippen LogP contribution in [0.25, 0.3) is 0 Å². The van der Waals surface area contributed by atoms with Gasteiger partial charge in [-0.05, 0) is 30.5 Å². The average molecular weight is 234 g/mol. The van der Waals surface area contributed by atoms with Crippen molar-refractivity contribution in [2.24, 2.45) is 0 Å². The summed E-state index contributed by atoms with van der Waals surface area (Å²) in [7, 11) is 0. The van der Waals surface area contributed by atoms with Crippen molar-refractivity contribution in [1.82, 2.24) is 5.32 Å². The maximum atomic E-state index is 11.8. The molecule has 0 aromatic heterocycles. The molecule has 1 aliphatic heterocycles. The van der Waals surface area contributed by atoms with Crippen molar-refractivity contribution in [2.45, 2.75) is 12.8 Å². The summed E-state index contributed by atoms with van der Waals surface area (Å²) in [6, 6.07) is 5.46. The molecule has 1 amide bonds. The van der Waals surface area contributed by atoms with E-state index < -0.39 is 5.97 Å². The van der Waals surface area contributed by atoms with Gasteiger partial charge in [-0.1, -0.05) is 6.07 Å². The number of amides is 1. The standard InChI is InChI=1S/C12H14N2O3/c15-11(16)7-14-12(17)9-3-1-5-10-8(9)4-2-6-13-10/h1,3,5,13H,2,4,6-7H2,(H,14,17)(H,15,16). The van der Waals surface area contributed by atoms with Gasteiger partial charge in [0.05, 0.1) is 0 Å². The molecule has 0 aliphatic carbocycles. The van der Waals surface area contributed by atoms with E-state index in [1.54, 1.807) is 12.1 Å². The lowest BCUT2D eigenvalue weighted by Crippen LogP contribution is -2.30. The number of hydrogen-bond acceptors (Lipinski definition) is 3. The average Bonchev–Trinajstić information content (AvgIpc) is 2.35. The number of fused-ring (bicyclic) bond motifs is 1. The van der Waals surface area contributed by atoms with E-state index in [2.05, 4.69) is 10.6 Å². The van der Waals surface area contributed by atoms with Crippen LogP contribution in [0, 0.1) is 0 Å². The van der Waals surface area contributed by atoms with Crippen molar-refractivity contribution in [3.8, 4) is 0 Å². The van der Waals surface area contributed by atoms with E-state index in [1.807, 2.05) is 6.07 Å². The first kappa shape index (κ1) is 11.4. The minimum atomic E-state index is -1.04. The first-order valence-corrected chi connectivity index (χ1v) is 5.54. The van der Waals surface area contributed by atoms with Gasteiger partial charge in [0.25, 0.3) is 5.91 Å². The Labute approximate surface area is 98.8 Å². The van der Waals surface area contributed by atoms with Gasteiger partial charge in [0.15, 0.2) is 0 Å². The van der Waals surface area contributed by atoms with E-state index in [0.29, 0.717) is 5.56 Å². The number of aliphatic carboxylic acids is 1. The van der Waals surface area contributed by atoms with Crippen molar-refractivity contribution in [3.05, 3.63) is 29.3 Å². The fourth-order valence-electron chi connectivity index (χ4n) is 1.97. The van der Waals surface area contributed by atoms with Gasteiger partial charge in [-0.3, -0.25) is 9.59 Å². The van der Waals surface area contributed by atoms with E-state index in [9.17, 15) is 9.59 Å². The minimum Gasteiger partial charge on any atom is -0.480 e. The molecule has 0 spiro atoms. The van der Waals surface area contributed by atoms with Gasteiger partial charge in [0.1, 0.15) is 6.54 Å². The molecule has 1 aromatic carbocycles. The van der Waals surface area contributed by atoms with E-state index in [1.165, 1.54) is 0 Å². The van der Waals surface area contributed by atoms with Crippen molar-refractivity contribution < 1.29 is 14.7 Å². The van der Waals surface area contributed by atoms with Gasteiger partial charge >= 0.3 is 5.97 Å². The summed E-state index contributed by atoms with van der Waals surface area (Å²) >= 11 is 0. The molecule has 1 aromatic rings. The molecule has 5 nitrogen and oxygen atoms in total. The van der Waals surface area contributed by atoms with Gasteiger partial charge in [0, 0.05) is 17.8 Å². The van der Waals surface area contributed by atoms with E-state index in [0.717, 1.165) is 30.6 Å². The number of carbonyl (C=O) groups excluding carboxylic acids is 1. The molecule has 17 heavy (non-hydrogen) atoms. The first-order chi connectivity index (χ1) is 8.18. The van der Waals surface area contributed by atoms with Crippen LogP contribution in [0.3, 0.4) is 0 Å². The Kier molecular flexibility index (Phi) is 3.27. The third-order valence-electron chi connectivity index (χ3n) is 2.74. The Morgan fingerprint density at radius 3 is 3.00 bits per heavy atom. The molecule has 0 bridgehead atoms. The molecule has 0 saturated carbocycles. The molecule has 2 rings (SSSR count). The largest absolute Gasteiger partial charge is 0.480 e. The highest BCUT2D eigenvalue weighted by atomic mass is 16.4. The Morgan fingerprint density at radius 2 is 2.24 bits per heavy atom. The predicted molar refractivity (Wildman–Crippen MR) is 63.2 cm³/mol. The highest BCUT2D eigenvalue weighted by Gasteiger charge is 2.17. The Bertz CT molecular complexity index is 457. The van der Waals surface area contributed by atoms with Crippen LogP contribution >= 0.6 is 0 Å². The number of benzene rings is 1. The molecule has 3 N–H and O–H groups in total. The smallest absolute Gasteiger partial charge is 0.322 e. The summed E-state index contributed by atoms with van der Waals surface area (Å²) in [6.07, 6.45) is 1.83. The van der Waals surface area contributed by atoms with Crippen LogP contribution in [-0.4, -0.2) is 30.1 Å². The van der Waals surface area contributed by atoms with Gasteiger partial charge in [-0.15, -0.1) is 0 Å². The van der Waals surface area contributed by atoms with Crippen LogP contribution in [-0.2, 0) is 11.2 Å². The maximum Gasteiger partial charge on any atom is 0.322 e. The molecule has 0 radical (unpaired) electrons. The first-order valence-electron chi connectivity index (χ1n) is 5.54. The normalized spacial score (nSPS) is 13.4. The van der Waals surface area contributed by atoms with Crippen LogP contribution in [0.4, 0.5) is 5.69 Å². The van der Waals surface area contributed by atoms with Crippen molar-refractivity contribution in [1.29, 1.82) is 0 Å². The SMILES string of the molecule is O=C(O)CNC(=O)c1cccc2c1CCCN2.